The van der Waals surface area contributed by atoms with E-state index in [1.807, 2.05) is 17.5 Å². The summed E-state index contributed by atoms with van der Waals surface area (Å²) in [5, 5.41) is 8.82. The Labute approximate surface area is 320 Å². The smallest absolute Gasteiger partial charge is 0.0715 e. The van der Waals surface area contributed by atoms with Gasteiger partial charge in [0.25, 0.3) is 0 Å². The zero-order valence-electron chi connectivity index (χ0n) is 29.6. The van der Waals surface area contributed by atoms with Crippen molar-refractivity contribution in [1.82, 2.24) is 14.1 Å². The van der Waals surface area contributed by atoms with Gasteiger partial charge in [-0.15, -0.1) is 11.3 Å². The Bertz CT molecular complexity index is 3250. The number of para-hydroxylation sites is 4. The fourth-order valence-corrected chi connectivity index (χ4v) is 9.96. The van der Waals surface area contributed by atoms with Gasteiger partial charge >= 0.3 is 0 Å². The molecular weight excluding hydrogens is 687 g/mol. The standard InChI is InChI=1S/C51H31N3S/c1-6-16-45-38(11-1)39-12-2-7-17-46(39)53(45)36-27-35(28-37(30-36)54-47-18-8-3-13-40(47)41-14-4-9-19-48(41)54)33-23-21-32(22-24-33)34-25-26-42-44(29-34)52-31-50-51(42)43-15-5-10-20-49(43)55-50/h1-31H. The fourth-order valence-electron chi connectivity index (χ4n) is 8.87. The zero-order valence-corrected chi connectivity index (χ0v) is 30.5. The molecule has 8 aromatic carbocycles. The summed E-state index contributed by atoms with van der Waals surface area (Å²) in [6, 6.07) is 66.5. The van der Waals surface area contributed by atoms with Gasteiger partial charge in [-0.3, -0.25) is 4.98 Å². The number of aromatic nitrogens is 3. The summed E-state index contributed by atoms with van der Waals surface area (Å²) in [4.78, 5) is 4.92. The molecule has 4 aromatic heterocycles. The molecule has 0 amide bonds. The summed E-state index contributed by atoms with van der Waals surface area (Å²) in [6.07, 6.45) is 2.04. The van der Waals surface area contributed by atoms with Crippen LogP contribution in [0.25, 0.3) is 108 Å². The molecule has 0 spiro atoms. The first-order valence-electron chi connectivity index (χ1n) is 18.7. The predicted octanol–water partition coefficient (Wildman–Crippen LogP) is 14.1. The van der Waals surface area contributed by atoms with E-state index in [0.717, 1.165) is 28.0 Å². The number of nitrogens with zero attached hydrogens (tertiary/aromatic N) is 3. The largest absolute Gasteiger partial charge is 0.309 e. The van der Waals surface area contributed by atoms with Crippen molar-refractivity contribution >= 4 is 86.0 Å². The number of benzene rings is 8. The SMILES string of the molecule is c1ccc2c(c1)sc1cnc3cc(-c4ccc(-c5cc(-n6c7ccccc7c7ccccc76)cc(-n6c7ccccc7c7ccccc76)c5)cc4)ccc3c12. The first kappa shape index (κ1) is 30.5. The first-order valence-corrected chi connectivity index (χ1v) is 19.5. The third kappa shape index (κ3) is 4.59. The van der Waals surface area contributed by atoms with Crippen molar-refractivity contribution in [1.29, 1.82) is 0 Å². The molecule has 0 aliphatic rings. The van der Waals surface area contributed by atoms with Gasteiger partial charge in [-0.05, 0) is 76.9 Å². The molecule has 256 valence electrons. The van der Waals surface area contributed by atoms with E-state index in [4.69, 9.17) is 4.98 Å². The van der Waals surface area contributed by atoms with Crippen molar-refractivity contribution in [3.05, 3.63) is 188 Å². The summed E-state index contributed by atoms with van der Waals surface area (Å²) >= 11 is 1.81. The summed E-state index contributed by atoms with van der Waals surface area (Å²) in [7, 11) is 0. The van der Waals surface area contributed by atoms with Gasteiger partial charge in [0.2, 0.25) is 0 Å². The summed E-state index contributed by atoms with van der Waals surface area (Å²) in [5.74, 6) is 0. The lowest BCUT2D eigenvalue weighted by Crippen LogP contribution is -2.00. The number of hydrogen-bond donors (Lipinski definition) is 0. The molecule has 0 bridgehead atoms. The molecule has 3 nitrogen and oxygen atoms in total. The van der Waals surface area contributed by atoms with Crippen LogP contribution in [-0.2, 0) is 0 Å². The number of rotatable bonds is 4. The van der Waals surface area contributed by atoms with Crippen LogP contribution in [0.2, 0.25) is 0 Å². The Balaban J connectivity index is 1.04. The number of pyridine rings is 1. The highest BCUT2D eigenvalue weighted by Gasteiger charge is 2.17. The van der Waals surface area contributed by atoms with Crippen LogP contribution in [-0.4, -0.2) is 14.1 Å². The van der Waals surface area contributed by atoms with Crippen molar-refractivity contribution in [2.45, 2.75) is 0 Å². The Morgan fingerprint density at radius 1 is 0.345 bits per heavy atom. The second-order valence-corrected chi connectivity index (χ2v) is 15.5. The van der Waals surface area contributed by atoms with Crippen LogP contribution in [0.3, 0.4) is 0 Å². The molecule has 12 rings (SSSR count). The lowest BCUT2D eigenvalue weighted by Gasteiger charge is -2.16. The van der Waals surface area contributed by atoms with Crippen molar-refractivity contribution in [3.8, 4) is 33.6 Å². The fraction of sp³-hybridized carbons (Fsp3) is 0. The third-order valence-corrected chi connectivity index (χ3v) is 12.4. The summed E-state index contributed by atoms with van der Waals surface area (Å²) < 4.78 is 7.38. The highest BCUT2D eigenvalue weighted by atomic mass is 32.1. The van der Waals surface area contributed by atoms with Gasteiger partial charge in [0.15, 0.2) is 0 Å². The van der Waals surface area contributed by atoms with E-state index in [9.17, 15) is 0 Å². The topological polar surface area (TPSA) is 22.8 Å². The van der Waals surface area contributed by atoms with Crippen LogP contribution < -0.4 is 0 Å². The molecule has 0 unspecified atom stereocenters. The normalized spacial score (nSPS) is 12.0. The Morgan fingerprint density at radius 2 is 0.800 bits per heavy atom. The number of hydrogen-bond acceptors (Lipinski definition) is 2. The molecule has 0 saturated carbocycles. The monoisotopic (exact) mass is 717 g/mol. The van der Waals surface area contributed by atoms with Crippen molar-refractivity contribution in [2.24, 2.45) is 0 Å². The van der Waals surface area contributed by atoms with Crippen LogP contribution in [0.15, 0.2) is 188 Å². The zero-order chi connectivity index (χ0) is 36.0. The minimum absolute atomic E-state index is 1.02. The van der Waals surface area contributed by atoms with Gasteiger partial charge in [0.1, 0.15) is 0 Å². The molecule has 12 aromatic rings. The van der Waals surface area contributed by atoms with Crippen LogP contribution in [0, 0.1) is 0 Å². The van der Waals surface area contributed by atoms with Gasteiger partial charge in [-0.1, -0.05) is 127 Å². The Morgan fingerprint density at radius 3 is 1.35 bits per heavy atom. The maximum Gasteiger partial charge on any atom is 0.0715 e. The molecule has 4 heterocycles. The Kier molecular flexibility index (Phi) is 6.50. The lowest BCUT2D eigenvalue weighted by atomic mass is 9.98. The average molecular weight is 718 g/mol. The number of thiophene rings is 1. The molecule has 0 aliphatic heterocycles. The molecule has 0 aliphatic carbocycles. The second-order valence-electron chi connectivity index (χ2n) is 14.4. The highest BCUT2D eigenvalue weighted by molar-refractivity contribution is 7.26. The highest BCUT2D eigenvalue weighted by Crippen LogP contribution is 2.40. The Hall–Kier alpha value is -7.01. The van der Waals surface area contributed by atoms with E-state index in [2.05, 4.69) is 191 Å². The predicted molar refractivity (Wildman–Crippen MR) is 234 cm³/mol. The number of fused-ring (bicyclic) bond motifs is 11. The molecule has 0 N–H and O–H groups in total. The van der Waals surface area contributed by atoms with Crippen molar-refractivity contribution < 1.29 is 0 Å². The lowest BCUT2D eigenvalue weighted by molar-refractivity contribution is 1.13. The van der Waals surface area contributed by atoms with Crippen LogP contribution in [0.5, 0.6) is 0 Å². The molecule has 0 radical (unpaired) electrons. The maximum atomic E-state index is 4.92. The minimum Gasteiger partial charge on any atom is -0.309 e. The second kappa shape index (κ2) is 11.7. The van der Waals surface area contributed by atoms with E-state index in [1.165, 1.54) is 80.3 Å². The first-order chi connectivity index (χ1) is 27.3. The average Bonchev–Trinajstić information content (AvgIpc) is 3.91. The molecular formula is C51H31N3S. The molecule has 55 heavy (non-hydrogen) atoms. The van der Waals surface area contributed by atoms with E-state index < -0.39 is 0 Å². The van der Waals surface area contributed by atoms with Gasteiger partial charge in [0.05, 0.1) is 32.3 Å². The van der Waals surface area contributed by atoms with E-state index in [0.29, 0.717) is 0 Å². The molecule has 4 heteroatoms. The van der Waals surface area contributed by atoms with Crippen LogP contribution in [0.4, 0.5) is 0 Å². The van der Waals surface area contributed by atoms with Crippen LogP contribution in [0.1, 0.15) is 0 Å². The summed E-state index contributed by atoms with van der Waals surface area (Å²) in [5.41, 5.74) is 12.7. The van der Waals surface area contributed by atoms with E-state index in [1.54, 1.807) is 0 Å². The van der Waals surface area contributed by atoms with Crippen LogP contribution >= 0.6 is 11.3 Å². The van der Waals surface area contributed by atoms with Gasteiger partial charge in [0, 0.05) is 60.0 Å². The third-order valence-electron chi connectivity index (χ3n) is 11.3. The minimum atomic E-state index is 1.02. The quantitative estimate of drug-likeness (QED) is 0.178. The van der Waals surface area contributed by atoms with E-state index in [-0.39, 0.29) is 0 Å². The maximum absolute atomic E-state index is 4.92. The summed E-state index contributed by atoms with van der Waals surface area (Å²) in [6.45, 7) is 0. The molecule has 0 fully saturated rings. The van der Waals surface area contributed by atoms with Gasteiger partial charge in [-0.2, -0.15) is 0 Å². The van der Waals surface area contributed by atoms with Gasteiger partial charge in [-0.25, -0.2) is 0 Å². The van der Waals surface area contributed by atoms with Gasteiger partial charge < -0.3 is 9.13 Å². The van der Waals surface area contributed by atoms with Crippen molar-refractivity contribution in [3.63, 3.8) is 0 Å². The molecule has 0 atom stereocenters. The van der Waals surface area contributed by atoms with Crippen molar-refractivity contribution in [2.75, 3.05) is 0 Å². The van der Waals surface area contributed by atoms with E-state index >= 15 is 0 Å². The molecule has 0 saturated heterocycles.